The molecule has 3 rings (SSSR count). The minimum atomic E-state index is -3.74. The van der Waals surface area contributed by atoms with Crippen molar-refractivity contribution in [2.75, 3.05) is 52.8 Å². The lowest BCUT2D eigenvalue weighted by atomic mass is 9.79. The molecule has 2 aliphatic rings. The van der Waals surface area contributed by atoms with E-state index in [-0.39, 0.29) is 24.6 Å². The number of para-hydroxylation sites is 1. The maximum absolute atomic E-state index is 13.2. The monoisotopic (exact) mass is 418 g/mol. The van der Waals surface area contributed by atoms with Crippen LogP contribution >= 0.6 is 0 Å². The Kier molecular flexibility index (Phi) is 5.83. The van der Waals surface area contributed by atoms with E-state index < -0.39 is 25.5 Å². The molecule has 152 valence electrons. The number of sulfonamides is 2. The zero-order chi connectivity index (χ0) is 19.7. The molecule has 1 spiro atoms. The topological polar surface area (TPSA) is 93.2 Å². The summed E-state index contributed by atoms with van der Waals surface area (Å²) in [5.74, 6) is 0.338. The predicted octanol–water partition coefficient (Wildman–Crippen LogP) is 0.758. The highest BCUT2D eigenvalue weighted by atomic mass is 32.2. The first-order chi connectivity index (χ1) is 12.7. The molecule has 1 aromatic carbocycles. The third kappa shape index (κ3) is 4.29. The zero-order valence-corrected chi connectivity index (χ0v) is 17.3. The van der Waals surface area contributed by atoms with Crippen molar-refractivity contribution in [3.63, 3.8) is 0 Å². The lowest BCUT2D eigenvalue weighted by Gasteiger charge is -2.44. The average Bonchev–Trinajstić information content (AvgIpc) is 2.62. The Labute approximate surface area is 161 Å². The van der Waals surface area contributed by atoms with Crippen molar-refractivity contribution in [3.05, 3.63) is 24.3 Å². The normalized spacial score (nSPS) is 23.2. The van der Waals surface area contributed by atoms with Gasteiger partial charge in [0.2, 0.25) is 20.0 Å². The fourth-order valence-corrected chi connectivity index (χ4v) is 6.16. The molecule has 0 bridgehead atoms. The summed E-state index contributed by atoms with van der Waals surface area (Å²) in [6, 6.07) is 6.63. The fraction of sp³-hybridized carbons (Fsp3) is 0.647. The Hall–Kier alpha value is -1.20. The lowest BCUT2D eigenvalue weighted by Crippen LogP contribution is -2.52. The van der Waals surface area contributed by atoms with Gasteiger partial charge in [-0.25, -0.2) is 21.1 Å². The van der Waals surface area contributed by atoms with Crippen molar-refractivity contribution in [3.8, 4) is 5.75 Å². The maximum Gasteiger partial charge on any atom is 0.246 e. The van der Waals surface area contributed by atoms with Crippen LogP contribution in [0.5, 0.6) is 5.75 Å². The van der Waals surface area contributed by atoms with Gasteiger partial charge < -0.3 is 9.47 Å². The van der Waals surface area contributed by atoms with E-state index in [0.29, 0.717) is 38.3 Å². The molecule has 2 heterocycles. The first kappa shape index (κ1) is 20.5. The van der Waals surface area contributed by atoms with Gasteiger partial charge in [-0.2, -0.15) is 4.31 Å². The van der Waals surface area contributed by atoms with E-state index in [1.807, 2.05) is 0 Å². The summed E-state index contributed by atoms with van der Waals surface area (Å²) in [6.45, 7) is 1.88. The van der Waals surface area contributed by atoms with Gasteiger partial charge in [-0.3, -0.25) is 0 Å². The fourth-order valence-electron chi connectivity index (χ4n) is 3.64. The molecule has 2 aliphatic heterocycles. The van der Waals surface area contributed by atoms with Crippen molar-refractivity contribution in [2.45, 2.75) is 17.7 Å². The van der Waals surface area contributed by atoms with Crippen LogP contribution in [-0.4, -0.2) is 78.2 Å². The first-order valence-corrected chi connectivity index (χ1v) is 12.1. The van der Waals surface area contributed by atoms with Crippen LogP contribution in [0.1, 0.15) is 12.8 Å². The second-order valence-electron chi connectivity index (χ2n) is 7.23. The Balaban J connectivity index is 1.94. The molecule has 1 fully saturated rings. The van der Waals surface area contributed by atoms with Gasteiger partial charge in [-0.15, -0.1) is 0 Å². The summed E-state index contributed by atoms with van der Waals surface area (Å²) in [5, 5.41) is 0. The van der Waals surface area contributed by atoms with E-state index in [2.05, 4.69) is 0 Å². The van der Waals surface area contributed by atoms with Crippen LogP contribution in [0.4, 0.5) is 0 Å². The number of hydrogen-bond donors (Lipinski definition) is 0. The minimum absolute atomic E-state index is 0.157. The van der Waals surface area contributed by atoms with E-state index in [4.69, 9.17) is 9.47 Å². The number of methoxy groups -OCH3 is 1. The Morgan fingerprint density at radius 2 is 1.89 bits per heavy atom. The standard InChI is InChI=1S/C17H26N2O6S2/c1-24-12-11-19-13-17(7-9-18(10-8-17)26(2,20)21)14-25-15-5-3-4-6-16(15)27(19,22)23/h3-6H,7-14H2,1-2H3. The van der Waals surface area contributed by atoms with Crippen molar-refractivity contribution < 1.29 is 26.3 Å². The van der Waals surface area contributed by atoms with Crippen LogP contribution in [0.3, 0.4) is 0 Å². The van der Waals surface area contributed by atoms with Gasteiger partial charge in [0.15, 0.2) is 0 Å². The van der Waals surface area contributed by atoms with Gasteiger partial charge in [0.05, 0.1) is 19.5 Å². The van der Waals surface area contributed by atoms with Gasteiger partial charge in [0.1, 0.15) is 10.6 Å². The van der Waals surface area contributed by atoms with Crippen molar-refractivity contribution in [1.29, 1.82) is 0 Å². The molecule has 0 saturated carbocycles. The third-order valence-corrected chi connectivity index (χ3v) is 8.50. The van der Waals surface area contributed by atoms with E-state index in [9.17, 15) is 16.8 Å². The first-order valence-electron chi connectivity index (χ1n) is 8.84. The summed E-state index contributed by atoms with van der Waals surface area (Å²) < 4.78 is 64.0. The number of hydrogen-bond acceptors (Lipinski definition) is 6. The van der Waals surface area contributed by atoms with Crippen LogP contribution in [0, 0.1) is 5.41 Å². The molecule has 0 aromatic heterocycles. The van der Waals surface area contributed by atoms with Crippen LogP contribution in [0.25, 0.3) is 0 Å². The van der Waals surface area contributed by atoms with Crippen molar-refractivity contribution in [2.24, 2.45) is 5.41 Å². The molecule has 0 amide bonds. The molecule has 10 heteroatoms. The Morgan fingerprint density at radius 1 is 1.22 bits per heavy atom. The van der Waals surface area contributed by atoms with Crippen LogP contribution in [0.15, 0.2) is 29.2 Å². The van der Waals surface area contributed by atoms with Gasteiger partial charge >= 0.3 is 0 Å². The van der Waals surface area contributed by atoms with E-state index in [1.165, 1.54) is 22.0 Å². The maximum atomic E-state index is 13.2. The smallest absolute Gasteiger partial charge is 0.246 e. The zero-order valence-electron chi connectivity index (χ0n) is 15.6. The second kappa shape index (κ2) is 7.67. The highest BCUT2D eigenvalue weighted by Gasteiger charge is 2.43. The molecule has 0 aliphatic carbocycles. The van der Waals surface area contributed by atoms with Gasteiger partial charge in [0, 0.05) is 38.7 Å². The van der Waals surface area contributed by atoms with Gasteiger partial charge in [-0.05, 0) is 25.0 Å². The number of rotatable bonds is 4. The van der Waals surface area contributed by atoms with Crippen LogP contribution in [-0.2, 0) is 24.8 Å². The molecule has 8 nitrogen and oxygen atoms in total. The number of ether oxygens (including phenoxy) is 2. The molecule has 0 unspecified atom stereocenters. The SMILES string of the molecule is COCCN1CC2(CCN(S(C)(=O)=O)CC2)COc2ccccc2S1(=O)=O. The van der Waals surface area contributed by atoms with Crippen LogP contribution in [0.2, 0.25) is 0 Å². The van der Waals surface area contributed by atoms with E-state index >= 15 is 0 Å². The lowest BCUT2D eigenvalue weighted by molar-refractivity contribution is 0.0515. The highest BCUT2D eigenvalue weighted by Crippen LogP contribution is 2.39. The number of piperidine rings is 1. The largest absolute Gasteiger partial charge is 0.492 e. The summed E-state index contributed by atoms with van der Waals surface area (Å²) >= 11 is 0. The highest BCUT2D eigenvalue weighted by molar-refractivity contribution is 7.89. The Morgan fingerprint density at radius 3 is 2.52 bits per heavy atom. The summed E-state index contributed by atoms with van der Waals surface area (Å²) in [6.07, 6.45) is 2.29. The number of nitrogens with zero attached hydrogens (tertiary/aromatic N) is 2. The molecular weight excluding hydrogens is 392 g/mol. The van der Waals surface area contributed by atoms with Crippen LogP contribution < -0.4 is 4.74 Å². The summed E-state index contributed by atoms with van der Waals surface area (Å²) in [7, 11) is -5.46. The molecule has 1 aromatic rings. The van der Waals surface area contributed by atoms with E-state index in [1.54, 1.807) is 24.3 Å². The van der Waals surface area contributed by atoms with Gasteiger partial charge in [0.25, 0.3) is 0 Å². The quantitative estimate of drug-likeness (QED) is 0.717. The predicted molar refractivity (Wildman–Crippen MR) is 101 cm³/mol. The molecule has 0 atom stereocenters. The molecule has 1 saturated heterocycles. The summed E-state index contributed by atoms with van der Waals surface area (Å²) in [4.78, 5) is 0.157. The number of benzene rings is 1. The average molecular weight is 419 g/mol. The number of fused-ring (bicyclic) bond motifs is 1. The van der Waals surface area contributed by atoms with Crippen molar-refractivity contribution in [1.82, 2.24) is 8.61 Å². The molecule has 0 radical (unpaired) electrons. The molecule has 0 N–H and O–H groups in total. The second-order valence-corrected chi connectivity index (χ2v) is 11.1. The summed E-state index contributed by atoms with van der Waals surface area (Å²) in [5.41, 5.74) is -0.435. The molecular formula is C17H26N2O6S2. The van der Waals surface area contributed by atoms with Crippen molar-refractivity contribution >= 4 is 20.0 Å². The third-order valence-electron chi connectivity index (χ3n) is 5.31. The Bertz CT molecular complexity index is 876. The van der Waals surface area contributed by atoms with Gasteiger partial charge in [-0.1, -0.05) is 12.1 Å². The minimum Gasteiger partial charge on any atom is -0.492 e. The van der Waals surface area contributed by atoms with E-state index in [0.717, 1.165) is 0 Å². The molecule has 27 heavy (non-hydrogen) atoms.